The lowest BCUT2D eigenvalue weighted by atomic mass is 10.0. The monoisotopic (exact) mass is 314 g/mol. The zero-order valence-corrected chi connectivity index (χ0v) is 15.2. The second kappa shape index (κ2) is 8.99. The van der Waals surface area contributed by atoms with Gasteiger partial charge in [0.15, 0.2) is 4.38 Å². The van der Waals surface area contributed by atoms with Crippen LogP contribution in [0.15, 0.2) is 5.10 Å². The summed E-state index contributed by atoms with van der Waals surface area (Å²) in [5.74, 6) is 6.14. The molecular weight excluding hydrogens is 288 g/mol. The van der Waals surface area contributed by atoms with Crippen molar-refractivity contribution < 1.29 is 0 Å². The molecule has 0 aliphatic carbocycles. The molecule has 1 aliphatic heterocycles. The summed E-state index contributed by atoms with van der Waals surface area (Å²) >= 11 is 3.69. The standard InChI is InChI=1S/C14H26N2S2Si/c1-13(9-11-19(2,3)4)8-6-5-7-10-17-14-16-15-12-18-14/h13,15H,5-8,10,12H2,1-4H3. The molecule has 5 heteroatoms. The summed E-state index contributed by atoms with van der Waals surface area (Å²) in [6, 6.07) is 0. The van der Waals surface area contributed by atoms with Gasteiger partial charge >= 0.3 is 0 Å². The van der Waals surface area contributed by atoms with Gasteiger partial charge in [0, 0.05) is 11.7 Å². The molecule has 1 atom stereocenters. The Morgan fingerprint density at radius 3 is 2.79 bits per heavy atom. The van der Waals surface area contributed by atoms with Crippen LogP contribution >= 0.6 is 23.5 Å². The molecule has 0 saturated carbocycles. The highest BCUT2D eigenvalue weighted by Gasteiger charge is 2.08. The molecule has 1 unspecified atom stereocenters. The van der Waals surface area contributed by atoms with E-state index in [0.717, 1.165) is 5.88 Å². The summed E-state index contributed by atoms with van der Waals surface area (Å²) in [7, 11) is -1.18. The maximum atomic E-state index is 4.21. The Balaban J connectivity index is 1.99. The average Bonchev–Trinajstić information content (AvgIpc) is 2.83. The Hall–Kier alpha value is -0.0531. The third-order valence-corrected chi connectivity index (χ3v) is 5.68. The first-order valence-corrected chi connectivity index (χ1v) is 12.5. The number of hydrazone groups is 1. The highest BCUT2D eigenvalue weighted by Crippen LogP contribution is 2.21. The molecule has 19 heavy (non-hydrogen) atoms. The molecule has 0 saturated heterocycles. The Labute approximate surface area is 128 Å². The van der Waals surface area contributed by atoms with E-state index in [-0.39, 0.29) is 0 Å². The summed E-state index contributed by atoms with van der Waals surface area (Å²) in [6.45, 7) is 9.19. The molecule has 108 valence electrons. The zero-order chi connectivity index (χ0) is 14.1. The van der Waals surface area contributed by atoms with Crippen LogP contribution in [0.25, 0.3) is 0 Å². The van der Waals surface area contributed by atoms with Crippen LogP contribution in [0.3, 0.4) is 0 Å². The minimum atomic E-state index is -1.18. The first-order valence-electron chi connectivity index (χ1n) is 7.06. The van der Waals surface area contributed by atoms with Gasteiger partial charge in [0.1, 0.15) is 8.07 Å². The van der Waals surface area contributed by atoms with Crippen molar-refractivity contribution in [3.05, 3.63) is 0 Å². The molecule has 0 aromatic heterocycles. The van der Waals surface area contributed by atoms with Gasteiger partial charge in [-0.3, -0.25) is 5.43 Å². The van der Waals surface area contributed by atoms with Gasteiger partial charge in [-0.1, -0.05) is 62.9 Å². The largest absolute Gasteiger partial charge is 0.298 e. The van der Waals surface area contributed by atoms with E-state index in [1.807, 2.05) is 23.5 Å². The van der Waals surface area contributed by atoms with Crippen molar-refractivity contribution in [3.8, 4) is 11.5 Å². The lowest BCUT2D eigenvalue weighted by Crippen LogP contribution is -2.16. The summed E-state index contributed by atoms with van der Waals surface area (Å²) < 4.78 is 1.20. The maximum absolute atomic E-state index is 4.21. The molecule has 2 nitrogen and oxygen atoms in total. The maximum Gasteiger partial charge on any atom is 0.151 e. The van der Waals surface area contributed by atoms with Crippen LogP contribution in [0, 0.1) is 17.4 Å². The first-order chi connectivity index (χ1) is 8.97. The second-order valence-corrected chi connectivity index (χ2v) is 13.0. The Bertz CT molecular complexity index is 353. The molecule has 0 aromatic rings. The number of thioether (sulfide) groups is 2. The van der Waals surface area contributed by atoms with Gasteiger partial charge in [-0.25, -0.2) is 0 Å². The molecule has 1 N–H and O–H groups in total. The lowest BCUT2D eigenvalue weighted by Gasteiger charge is -2.07. The van der Waals surface area contributed by atoms with E-state index in [2.05, 4.69) is 48.6 Å². The number of unbranched alkanes of at least 4 members (excludes halogenated alkanes) is 2. The SMILES string of the molecule is CC(C#C[Si](C)(C)C)CCCCCSC1=NNCS1. The van der Waals surface area contributed by atoms with Crippen molar-refractivity contribution in [2.24, 2.45) is 11.0 Å². The fourth-order valence-corrected chi connectivity index (χ4v) is 4.07. The predicted molar refractivity (Wildman–Crippen MR) is 94.2 cm³/mol. The molecule has 0 radical (unpaired) electrons. The van der Waals surface area contributed by atoms with Crippen molar-refractivity contribution >= 4 is 36.0 Å². The molecule has 0 amide bonds. The number of hydrogen-bond acceptors (Lipinski definition) is 4. The quantitative estimate of drug-likeness (QED) is 0.448. The zero-order valence-electron chi connectivity index (χ0n) is 12.6. The van der Waals surface area contributed by atoms with Gasteiger partial charge in [-0.05, 0) is 12.8 Å². The molecule has 1 aliphatic rings. The van der Waals surface area contributed by atoms with E-state index in [9.17, 15) is 0 Å². The van der Waals surface area contributed by atoms with Crippen molar-refractivity contribution in [2.45, 2.75) is 52.2 Å². The number of nitrogens with one attached hydrogen (secondary N) is 1. The van der Waals surface area contributed by atoms with E-state index < -0.39 is 8.07 Å². The number of rotatable bonds is 6. The van der Waals surface area contributed by atoms with Gasteiger partial charge in [0.25, 0.3) is 0 Å². The van der Waals surface area contributed by atoms with Crippen LogP contribution in [0.2, 0.25) is 19.6 Å². The summed E-state index contributed by atoms with van der Waals surface area (Å²) in [5.41, 5.74) is 6.45. The van der Waals surface area contributed by atoms with Gasteiger partial charge < -0.3 is 0 Å². The van der Waals surface area contributed by atoms with Gasteiger partial charge in [-0.2, -0.15) is 5.10 Å². The Morgan fingerprint density at radius 1 is 1.37 bits per heavy atom. The van der Waals surface area contributed by atoms with Crippen LogP contribution in [-0.2, 0) is 0 Å². The van der Waals surface area contributed by atoms with Crippen LogP contribution in [0.1, 0.15) is 32.6 Å². The predicted octanol–water partition coefficient (Wildman–Crippen LogP) is 4.36. The fourth-order valence-electron chi connectivity index (χ4n) is 1.60. The highest BCUT2D eigenvalue weighted by atomic mass is 32.2. The van der Waals surface area contributed by atoms with Crippen molar-refractivity contribution in [3.63, 3.8) is 0 Å². The van der Waals surface area contributed by atoms with Crippen LogP contribution in [0.5, 0.6) is 0 Å². The number of hydrogen-bond donors (Lipinski definition) is 1. The van der Waals surface area contributed by atoms with Crippen LogP contribution < -0.4 is 5.43 Å². The molecule has 0 aromatic carbocycles. The summed E-state index contributed by atoms with van der Waals surface area (Å²) in [5, 5.41) is 4.21. The van der Waals surface area contributed by atoms with E-state index in [1.165, 1.54) is 35.8 Å². The minimum absolute atomic E-state index is 0.568. The molecular formula is C14H26N2S2Si. The van der Waals surface area contributed by atoms with Crippen LogP contribution in [0.4, 0.5) is 0 Å². The number of nitrogens with zero attached hydrogens (tertiary/aromatic N) is 1. The van der Waals surface area contributed by atoms with Crippen molar-refractivity contribution in [1.82, 2.24) is 5.43 Å². The summed E-state index contributed by atoms with van der Waals surface area (Å²) in [4.78, 5) is 0. The highest BCUT2D eigenvalue weighted by molar-refractivity contribution is 8.39. The average molecular weight is 315 g/mol. The van der Waals surface area contributed by atoms with Gasteiger partial charge in [-0.15, -0.1) is 11.5 Å². The first kappa shape index (κ1) is 17.0. The normalized spacial score (nSPS) is 16.3. The van der Waals surface area contributed by atoms with Crippen LogP contribution in [-0.4, -0.2) is 24.1 Å². The molecule has 0 bridgehead atoms. The lowest BCUT2D eigenvalue weighted by molar-refractivity contribution is 0.590. The van der Waals surface area contributed by atoms with E-state index in [1.54, 1.807) is 0 Å². The van der Waals surface area contributed by atoms with E-state index in [4.69, 9.17) is 0 Å². The Kier molecular flexibility index (Phi) is 8.04. The molecule has 1 heterocycles. The van der Waals surface area contributed by atoms with Gasteiger partial charge in [0.2, 0.25) is 0 Å². The van der Waals surface area contributed by atoms with Crippen molar-refractivity contribution in [1.29, 1.82) is 0 Å². The Morgan fingerprint density at radius 2 is 2.16 bits per heavy atom. The third-order valence-electron chi connectivity index (χ3n) is 2.63. The second-order valence-electron chi connectivity index (χ2n) is 5.94. The van der Waals surface area contributed by atoms with E-state index in [0.29, 0.717) is 5.92 Å². The molecule has 1 rings (SSSR count). The summed E-state index contributed by atoms with van der Waals surface area (Å²) in [6.07, 6.45) is 5.16. The third kappa shape index (κ3) is 9.48. The minimum Gasteiger partial charge on any atom is -0.298 e. The van der Waals surface area contributed by atoms with E-state index >= 15 is 0 Å². The molecule has 0 spiro atoms. The molecule has 0 fully saturated rings. The smallest absolute Gasteiger partial charge is 0.151 e. The van der Waals surface area contributed by atoms with Gasteiger partial charge in [0.05, 0.1) is 5.88 Å². The van der Waals surface area contributed by atoms with Crippen molar-refractivity contribution in [2.75, 3.05) is 11.6 Å². The topological polar surface area (TPSA) is 24.4 Å². The fraction of sp³-hybridized carbons (Fsp3) is 0.786.